The molecule has 0 saturated heterocycles. The Morgan fingerprint density at radius 1 is 1.06 bits per heavy atom. The second-order valence-electron chi connectivity index (χ2n) is 8.84. The summed E-state index contributed by atoms with van der Waals surface area (Å²) in [4.78, 5) is 26.9. The summed E-state index contributed by atoms with van der Waals surface area (Å²) in [5.41, 5.74) is 1.20. The average molecular weight is 540 g/mol. The second-order valence-corrected chi connectivity index (χ2v) is 10.8. The number of benzene rings is 2. The third-order valence-corrected chi connectivity index (χ3v) is 8.49. The van der Waals surface area contributed by atoms with Crippen molar-refractivity contribution in [2.45, 2.75) is 47.3 Å². The van der Waals surface area contributed by atoms with Crippen molar-refractivity contribution in [2.24, 2.45) is 0 Å². The minimum atomic E-state index is -0.764. The van der Waals surface area contributed by atoms with E-state index in [0.717, 1.165) is 65.3 Å². The quantitative estimate of drug-likeness (QED) is 0.325. The van der Waals surface area contributed by atoms with Crippen LogP contribution in [0.4, 0.5) is 4.39 Å². The Labute approximate surface area is 206 Å². The topological polar surface area (TPSA) is 72.4 Å². The van der Waals surface area contributed by atoms with Gasteiger partial charge < -0.3 is 9.52 Å². The minimum absolute atomic E-state index is 0.0519. The van der Waals surface area contributed by atoms with E-state index in [1.54, 1.807) is 16.7 Å². The van der Waals surface area contributed by atoms with Gasteiger partial charge in [0.25, 0.3) is 5.56 Å². The van der Waals surface area contributed by atoms with Gasteiger partial charge in [-0.3, -0.25) is 9.36 Å². The summed E-state index contributed by atoms with van der Waals surface area (Å²) < 4.78 is 21.8. The molecule has 1 fully saturated rings. The van der Waals surface area contributed by atoms with Crippen LogP contribution in [-0.2, 0) is 5.41 Å². The van der Waals surface area contributed by atoms with Gasteiger partial charge in [0.2, 0.25) is 0 Å². The van der Waals surface area contributed by atoms with E-state index in [1.807, 2.05) is 12.1 Å². The summed E-state index contributed by atoms with van der Waals surface area (Å²) in [6.45, 7) is 0. The third-order valence-electron chi connectivity index (χ3n) is 6.94. The van der Waals surface area contributed by atoms with E-state index < -0.39 is 22.8 Å². The predicted octanol–water partition coefficient (Wildman–Crippen LogP) is 6.27. The Bertz CT molecular complexity index is 1600. The molecule has 1 aliphatic heterocycles. The number of aromatic nitrogens is 1. The largest absolute Gasteiger partial charge is 0.505 e. The molecule has 0 radical (unpaired) electrons. The lowest BCUT2D eigenvalue weighted by molar-refractivity contribution is 0.346. The smallest absolute Gasteiger partial charge is 0.354 e. The lowest BCUT2D eigenvalue weighted by atomic mass is 9.68. The van der Waals surface area contributed by atoms with Crippen molar-refractivity contribution in [1.82, 2.24) is 4.57 Å². The lowest BCUT2D eigenvalue weighted by Crippen LogP contribution is -2.31. The molecule has 5 nitrogen and oxygen atoms in total. The molecule has 0 amide bonds. The van der Waals surface area contributed by atoms with Gasteiger partial charge in [0, 0.05) is 26.5 Å². The maximum atomic E-state index is 13.8. The maximum Gasteiger partial charge on any atom is 0.354 e. The fourth-order valence-electron chi connectivity index (χ4n) is 5.48. The van der Waals surface area contributed by atoms with Crippen molar-refractivity contribution in [3.63, 3.8) is 0 Å². The van der Waals surface area contributed by atoms with Crippen molar-refractivity contribution in [3.8, 4) is 11.4 Å². The first-order chi connectivity index (χ1) is 16.4. The Balaban J connectivity index is 1.63. The number of halogens is 2. The molecule has 2 aromatic carbocycles. The van der Waals surface area contributed by atoms with Gasteiger partial charge in [-0.1, -0.05) is 53.0 Å². The van der Waals surface area contributed by atoms with Gasteiger partial charge in [-0.15, -0.1) is 0 Å². The molecule has 6 rings (SSSR count). The molecule has 1 saturated carbocycles. The summed E-state index contributed by atoms with van der Waals surface area (Å²) in [5.74, 6) is -0.905. The first-order valence-electron chi connectivity index (χ1n) is 11.1. The highest BCUT2D eigenvalue weighted by Gasteiger charge is 2.45. The molecule has 2 aromatic heterocycles. The van der Waals surface area contributed by atoms with E-state index in [0.29, 0.717) is 4.90 Å². The molecule has 4 aromatic rings. The Morgan fingerprint density at radius 3 is 2.62 bits per heavy atom. The van der Waals surface area contributed by atoms with Crippen LogP contribution in [0.1, 0.15) is 43.4 Å². The van der Waals surface area contributed by atoms with E-state index in [1.165, 1.54) is 18.2 Å². The van der Waals surface area contributed by atoms with E-state index in [2.05, 4.69) is 22.0 Å². The molecule has 34 heavy (non-hydrogen) atoms. The number of pyridine rings is 1. The molecule has 1 N–H and O–H groups in total. The van der Waals surface area contributed by atoms with Crippen molar-refractivity contribution in [2.75, 3.05) is 0 Å². The number of nitrogens with zero attached hydrogens (tertiary/aromatic N) is 1. The van der Waals surface area contributed by atoms with Crippen molar-refractivity contribution in [3.05, 3.63) is 90.9 Å². The number of aromatic hydroxyl groups is 1. The highest BCUT2D eigenvalue weighted by Crippen LogP contribution is 2.52. The van der Waals surface area contributed by atoms with Gasteiger partial charge in [0.1, 0.15) is 21.7 Å². The van der Waals surface area contributed by atoms with Gasteiger partial charge in [-0.05, 0) is 54.8 Å². The fourth-order valence-corrected chi connectivity index (χ4v) is 6.72. The average Bonchev–Trinajstić information content (AvgIpc) is 3.06. The van der Waals surface area contributed by atoms with Crippen LogP contribution in [0.2, 0.25) is 0 Å². The monoisotopic (exact) mass is 539 g/mol. The van der Waals surface area contributed by atoms with Gasteiger partial charge in [-0.2, -0.15) is 0 Å². The van der Waals surface area contributed by atoms with E-state index in [4.69, 9.17) is 4.42 Å². The standard InChI is InChI=1S/C26H19BrFNO4S/c27-14-7-8-18-17(11-14)26(9-2-1-3-10-26)20-13-19-21(24(31)29(18)20)22(30)23(25(32)33-19)34-16-6-4-5-15(28)12-16/h4-8,11-13,30H,1-3,9-10H2. The van der Waals surface area contributed by atoms with Crippen LogP contribution in [0, 0.1) is 5.82 Å². The number of hydrogen-bond acceptors (Lipinski definition) is 5. The first-order valence-corrected chi connectivity index (χ1v) is 12.7. The Morgan fingerprint density at radius 2 is 1.85 bits per heavy atom. The van der Waals surface area contributed by atoms with Crippen LogP contribution < -0.4 is 11.2 Å². The highest BCUT2D eigenvalue weighted by molar-refractivity contribution is 9.10. The number of rotatable bonds is 2. The molecule has 0 unspecified atom stereocenters. The normalized spacial score (nSPS) is 16.1. The lowest BCUT2D eigenvalue weighted by Gasteiger charge is -2.34. The first kappa shape index (κ1) is 21.7. The second kappa shape index (κ2) is 7.85. The van der Waals surface area contributed by atoms with E-state index in [9.17, 15) is 19.1 Å². The van der Waals surface area contributed by atoms with Gasteiger partial charge in [-0.25, -0.2) is 9.18 Å². The highest BCUT2D eigenvalue weighted by atomic mass is 79.9. The van der Waals surface area contributed by atoms with Crippen LogP contribution in [0.25, 0.3) is 16.7 Å². The Kier molecular flexibility index (Phi) is 5.00. The number of hydrogen-bond donors (Lipinski definition) is 1. The molecule has 1 spiro atoms. The van der Waals surface area contributed by atoms with Gasteiger partial charge >= 0.3 is 5.63 Å². The summed E-state index contributed by atoms with van der Waals surface area (Å²) in [7, 11) is 0. The summed E-state index contributed by atoms with van der Waals surface area (Å²) in [6, 6.07) is 13.3. The maximum absolute atomic E-state index is 13.8. The summed E-state index contributed by atoms with van der Waals surface area (Å²) in [5, 5.41) is 11.0. The molecule has 0 bridgehead atoms. The molecule has 8 heteroatoms. The molecule has 172 valence electrons. The van der Waals surface area contributed by atoms with Crippen molar-refractivity contribution in [1.29, 1.82) is 0 Å². The zero-order valence-electron chi connectivity index (χ0n) is 17.9. The third kappa shape index (κ3) is 3.11. The van der Waals surface area contributed by atoms with E-state index in [-0.39, 0.29) is 21.3 Å². The SMILES string of the molecule is O=c1oc2cc3n(c(=O)c2c(O)c1Sc1cccc(F)c1)-c1ccc(Br)cc1C31CCCCC1. The van der Waals surface area contributed by atoms with Gasteiger partial charge in [0.05, 0.1) is 5.69 Å². The summed E-state index contributed by atoms with van der Waals surface area (Å²) in [6.07, 6.45) is 5.00. The molecular formula is C26H19BrFNO4S. The number of fused-ring (bicyclic) bond motifs is 6. The van der Waals surface area contributed by atoms with Crippen LogP contribution >= 0.6 is 27.7 Å². The summed E-state index contributed by atoms with van der Waals surface area (Å²) >= 11 is 4.44. The molecule has 2 aliphatic rings. The van der Waals surface area contributed by atoms with E-state index >= 15 is 0 Å². The molecule has 3 heterocycles. The molecular weight excluding hydrogens is 521 g/mol. The van der Waals surface area contributed by atoms with Crippen molar-refractivity contribution < 1.29 is 13.9 Å². The fraction of sp³-hybridized carbons (Fsp3) is 0.231. The van der Waals surface area contributed by atoms with Crippen molar-refractivity contribution >= 4 is 38.7 Å². The molecule has 0 atom stereocenters. The van der Waals surface area contributed by atoms with Crippen LogP contribution in [0.3, 0.4) is 0 Å². The predicted molar refractivity (Wildman–Crippen MR) is 132 cm³/mol. The Hall–Kier alpha value is -2.84. The van der Waals surface area contributed by atoms with Crippen LogP contribution in [0.5, 0.6) is 5.75 Å². The van der Waals surface area contributed by atoms with Crippen LogP contribution in [0.15, 0.2) is 76.8 Å². The zero-order chi connectivity index (χ0) is 23.6. The van der Waals surface area contributed by atoms with Gasteiger partial charge in [0.15, 0.2) is 5.75 Å². The van der Waals surface area contributed by atoms with Crippen LogP contribution in [-0.4, -0.2) is 9.67 Å². The molecule has 1 aliphatic carbocycles. The minimum Gasteiger partial charge on any atom is -0.505 e. The zero-order valence-corrected chi connectivity index (χ0v) is 20.3.